The topological polar surface area (TPSA) is 9.86 Å². The van der Waals surface area contributed by atoms with E-state index in [2.05, 4.69) is 240 Å². The van der Waals surface area contributed by atoms with Crippen LogP contribution in [0.5, 0.6) is 0 Å². The van der Waals surface area contributed by atoms with Gasteiger partial charge in [0.15, 0.2) is 0 Å². The molecule has 288 valence electrons. The molecule has 2 aromatic heterocycles. The molecule has 0 spiro atoms. The molecule has 0 bridgehead atoms. The minimum Gasteiger partial charge on any atom is -0.309 e. The Hall–Kier alpha value is -8.20. The largest absolute Gasteiger partial charge is 0.309 e. The summed E-state index contributed by atoms with van der Waals surface area (Å²) in [5.74, 6) is 0. The fourth-order valence-corrected chi connectivity index (χ4v) is 10.2. The smallest absolute Gasteiger partial charge is 0.0541 e. The normalized spacial score (nSPS) is 11.9. The third kappa shape index (κ3) is 5.30. The third-order valence-corrected chi connectivity index (χ3v) is 13.1. The molecule has 62 heavy (non-hydrogen) atoms. The van der Waals surface area contributed by atoms with Crippen LogP contribution >= 0.6 is 0 Å². The summed E-state index contributed by atoms with van der Waals surface area (Å²) in [5, 5.41) is 12.7. The van der Waals surface area contributed by atoms with Crippen molar-refractivity contribution in [3.8, 4) is 44.8 Å². The maximum Gasteiger partial charge on any atom is 0.0541 e. The number of hydrogen-bond donors (Lipinski definition) is 0. The van der Waals surface area contributed by atoms with Crippen molar-refractivity contribution in [3.63, 3.8) is 0 Å². The quantitative estimate of drug-likeness (QED) is 0.154. The molecule has 0 aliphatic heterocycles. The van der Waals surface area contributed by atoms with Crippen molar-refractivity contribution in [1.82, 2.24) is 9.13 Å². The second kappa shape index (κ2) is 13.7. The molecule has 13 rings (SSSR count). The Morgan fingerprint density at radius 3 is 1.42 bits per heavy atom. The summed E-state index contributed by atoms with van der Waals surface area (Å²) in [4.78, 5) is 0. The minimum atomic E-state index is 1.15. The Morgan fingerprint density at radius 1 is 0.226 bits per heavy atom. The zero-order chi connectivity index (χ0) is 40.7. The first-order valence-electron chi connectivity index (χ1n) is 21.4. The van der Waals surface area contributed by atoms with E-state index in [0.717, 1.165) is 11.4 Å². The highest BCUT2D eigenvalue weighted by atomic mass is 15.0. The lowest BCUT2D eigenvalue weighted by Crippen LogP contribution is -1.95. The van der Waals surface area contributed by atoms with Crippen LogP contribution in [0.3, 0.4) is 0 Å². The molecule has 0 atom stereocenters. The molecule has 0 aliphatic rings. The average molecular weight is 787 g/mol. The number of hydrogen-bond acceptors (Lipinski definition) is 0. The van der Waals surface area contributed by atoms with Crippen molar-refractivity contribution in [2.24, 2.45) is 0 Å². The molecule has 0 saturated carbocycles. The molecule has 0 saturated heterocycles. The molecule has 0 unspecified atom stereocenters. The van der Waals surface area contributed by atoms with Gasteiger partial charge in [0.2, 0.25) is 0 Å². The fourth-order valence-electron chi connectivity index (χ4n) is 10.2. The molecular formula is C60H38N2. The van der Waals surface area contributed by atoms with Crippen molar-refractivity contribution in [2.45, 2.75) is 0 Å². The van der Waals surface area contributed by atoms with Crippen LogP contribution in [0.4, 0.5) is 0 Å². The summed E-state index contributed by atoms with van der Waals surface area (Å²) in [6, 6.07) is 84.8. The van der Waals surface area contributed by atoms with Gasteiger partial charge >= 0.3 is 0 Å². The van der Waals surface area contributed by atoms with Gasteiger partial charge in [-0.25, -0.2) is 0 Å². The second-order valence-corrected chi connectivity index (χ2v) is 16.5. The van der Waals surface area contributed by atoms with Crippen LogP contribution in [-0.4, -0.2) is 9.13 Å². The summed E-state index contributed by atoms with van der Waals surface area (Å²) in [6.45, 7) is 0. The van der Waals surface area contributed by atoms with Gasteiger partial charge in [0.1, 0.15) is 0 Å². The van der Waals surface area contributed by atoms with Crippen LogP contribution in [0.1, 0.15) is 0 Å². The van der Waals surface area contributed by atoms with Gasteiger partial charge in [-0.2, -0.15) is 0 Å². The number of para-hydroxylation sites is 2. The van der Waals surface area contributed by atoms with Crippen molar-refractivity contribution >= 4 is 75.9 Å². The lowest BCUT2D eigenvalue weighted by molar-refractivity contribution is 1.18. The number of fused-ring (bicyclic) bond motifs is 11. The predicted molar refractivity (Wildman–Crippen MR) is 264 cm³/mol. The first kappa shape index (κ1) is 34.6. The Morgan fingerprint density at radius 2 is 0.726 bits per heavy atom. The summed E-state index contributed by atoms with van der Waals surface area (Å²) >= 11 is 0. The third-order valence-electron chi connectivity index (χ3n) is 13.1. The van der Waals surface area contributed by atoms with E-state index < -0.39 is 0 Å². The highest BCUT2D eigenvalue weighted by molar-refractivity contribution is 6.23. The van der Waals surface area contributed by atoms with Crippen molar-refractivity contribution < 1.29 is 0 Å². The predicted octanol–water partition coefficient (Wildman–Crippen LogP) is 16.3. The molecule has 0 amide bonds. The van der Waals surface area contributed by atoms with Gasteiger partial charge in [-0.3, -0.25) is 0 Å². The van der Waals surface area contributed by atoms with Gasteiger partial charge in [-0.1, -0.05) is 164 Å². The van der Waals surface area contributed by atoms with E-state index in [9.17, 15) is 0 Å². The van der Waals surface area contributed by atoms with Crippen LogP contribution in [0.15, 0.2) is 231 Å². The summed E-state index contributed by atoms with van der Waals surface area (Å²) < 4.78 is 4.84. The van der Waals surface area contributed by atoms with Crippen LogP contribution in [0.2, 0.25) is 0 Å². The molecule has 0 radical (unpaired) electrons. The van der Waals surface area contributed by atoms with E-state index in [1.165, 1.54) is 109 Å². The van der Waals surface area contributed by atoms with E-state index in [1.54, 1.807) is 0 Å². The van der Waals surface area contributed by atoms with Gasteiger partial charge in [0.05, 0.1) is 22.1 Å². The maximum atomic E-state index is 2.44. The molecule has 2 heteroatoms. The number of rotatable bonds is 5. The lowest BCUT2D eigenvalue weighted by Gasteiger charge is -2.15. The standard InChI is InChI=1S/C60H38N2/c1-2-13-39(14-3-1)40-27-31-46(32-28-40)61-56-23-10-8-20-50(56)54-36-42(29-33-58(54)61)43-30-34-59-55(37-43)51-21-9-11-24-57(51)62(59)47-17-12-16-44(35-47)53-38-45-26-25-41-15-4-5-18-48(41)60(45)52-22-7-6-19-49(52)53/h1-38H. The zero-order valence-corrected chi connectivity index (χ0v) is 33.8. The van der Waals surface area contributed by atoms with Gasteiger partial charge in [0.25, 0.3) is 0 Å². The van der Waals surface area contributed by atoms with E-state index in [0.29, 0.717) is 0 Å². The van der Waals surface area contributed by atoms with E-state index in [4.69, 9.17) is 0 Å². The Labute approximate surface area is 358 Å². The monoisotopic (exact) mass is 786 g/mol. The van der Waals surface area contributed by atoms with Gasteiger partial charge in [-0.05, 0) is 132 Å². The molecule has 0 fully saturated rings. The number of benzene rings is 11. The van der Waals surface area contributed by atoms with Gasteiger partial charge < -0.3 is 9.13 Å². The molecule has 2 heterocycles. The second-order valence-electron chi connectivity index (χ2n) is 16.5. The van der Waals surface area contributed by atoms with Crippen LogP contribution in [-0.2, 0) is 0 Å². The Kier molecular flexibility index (Phi) is 7.64. The van der Waals surface area contributed by atoms with Crippen LogP contribution in [0, 0.1) is 0 Å². The molecule has 11 aromatic carbocycles. The molecule has 0 aliphatic carbocycles. The van der Waals surface area contributed by atoms with E-state index >= 15 is 0 Å². The minimum absolute atomic E-state index is 1.15. The van der Waals surface area contributed by atoms with Gasteiger partial charge in [-0.15, -0.1) is 0 Å². The molecule has 0 N–H and O–H groups in total. The Balaban J connectivity index is 0.933. The molecule has 2 nitrogen and oxygen atoms in total. The first-order valence-corrected chi connectivity index (χ1v) is 21.4. The SMILES string of the molecule is c1ccc(-c2ccc(-n3c4ccccc4c4cc(-c5ccc6c(c5)c5ccccc5n6-c5cccc(-c6cc7ccc8ccccc8c7c7ccccc67)c5)ccc43)cc2)cc1. The highest BCUT2D eigenvalue weighted by Gasteiger charge is 2.18. The van der Waals surface area contributed by atoms with Crippen LogP contribution in [0.25, 0.3) is 121 Å². The van der Waals surface area contributed by atoms with E-state index in [-0.39, 0.29) is 0 Å². The van der Waals surface area contributed by atoms with Crippen molar-refractivity contribution in [1.29, 1.82) is 0 Å². The van der Waals surface area contributed by atoms with Crippen molar-refractivity contribution in [3.05, 3.63) is 231 Å². The number of nitrogens with zero attached hydrogens (tertiary/aromatic N) is 2. The molecule has 13 aromatic rings. The van der Waals surface area contributed by atoms with Crippen molar-refractivity contribution in [2.75, 3.05) is 0 Å². The highest BCUT2D eigenvalue weighted by Crippen LogP contribution is 2.41. The average Bonchev–Trinajstić information content (AvgIpc) is 3.86. The fraction of sp³-hybridized carbons (Fsp3) is 0. The molecular weight excluding hydrogens is 749 g/mol. The van der Waals surface area contributed by atoms with Gasteiger partial charge in [0, 0.05) is 32.9 Å². The van der Waals surface area contributed by atoms with Crippen LogP contribution < -0.4 is 0 Å². The first-order chi connectivity index (χ1) is 30.7. The Bertz CT molecular complexity index is 3900. The van der Waals surface area contributed by atoms with E-state index in [1.807, 2.05) is 0 Å². The summed E-state index contributed by atoms with van der Waals surface area (Å²) in [6.07, 6.45) is 0. The number of aromatic nitrogens is 2. The zero-order valence-electron chi connectivity index (χ0n) is 33.8. The summed E-state index contributed by atoms with van der Waals surface area (Å²) in [5.41, 5.74) is 14.4. The lowest BCUT2D eigenvalue weighted by atomic mass is 9.90. The maximum absolute atomic E-state index is 2.44. The summed E-state index contributed by atoms with van der Waals surface area (Å²) in [7, 11) is 0.